The molecule has 0 aliphatic heterocycles. The standard InChI is InChI=1S/C16H20FNO4/c17-12-6-8-13(9-7-12)22-14(16(20)21)10-18-15(19)11-4-2-1-3-5-11/h6-9,11,14H,1-5,10H2,(H,18,19)(H,20,21). The van der Waals surface area contributed by atoms with Crippen molar-refractivity contribution in [2.75, 3.05) is 6.54 Å². The lowest BCUT2D eigenvalue weighted by Gasteiger charge is -2.22. The molecular formula is C16H20FNO4. The largest absolute Gasteiger partial charge is 0.478 e. The van der Waals surface area contributed by atoms with Gasteiger partial charge in [-0.3, -0.25) is 4.79 Å². The van der Waals surface area contributed by atoms with Gasteiger partial charge in [0.05, 0.1) is 6.54 Å². The van der Waals surface area contributed by atoms with Crippen molar-refractivity contribution in [2.45, 2.75) is 38.2 Å². The van der Waals surface area contributed by atoms with Crippen LogP contribution in [0.1, 0.15) is 32.1 Å². The smallest absolute Gasteiger partial charge is 0.346 e. The van der Waals surface area contributed by atoms with Crippen LogP contribution in [0.4, 0.5) is 4.39 Å². The lowest BCUT2D eigenvalue weighted by Crippen LogP contribution is -2.42. The highest BCUT2D eigenvalue weighted by Gasteiger charge is 2.24. The molecule has 0 spiro atoms. The fourth-order valence-electron chi connectivity index (χ4n) is 2.56. The van der Waals surface area contributed by atoms with Gasteiger partial charge in [-0.1, -0.05) is 19.3 Å². The Labute approximate surface area is 128 Å². The zero-order valence-electron chi connectivity index (χ0n) is 12.3. The molecule has 1 unspecified atom stereocenters. The number of halogens is 1. The van der Waals surface area contributed by atoms with Gasteiger partial charge in [0.25, 0.3) is 0 Å². The van der Waals surface area contributed by atoms with Crippen LogP contribution in [0.15, 0.2) is 24.3 Å². The van der Waals surface area contributed by atoms with E-state index in [1.54, 1.807) is 0 Å². The number of carboxylic acid groups (broad SMARTS) is 1. The number of rotatable bonds is 6. The lowest BCUT2D eigenvalue weighted by molar-refractivity contribution is -0.145. The molecule has 2 rings (SSSR count). The molecule has 120 valence electrons. The number of aliphatic carboxylic acids is 1. The van der Waals surface area contributed by atoms with Crippen LogP contribution in [0, 0.1) is 11.7 Å². The predicted octanol–water partition coefficient (Wildman–Crippen LogP) is 2.35. The van der Waals surface area contributed by atoms with E-state index < -0.39 is 17.9 Å². The average molecular weight is 309 g/mol. The monoisotopic (exact) mass is 309 g/mol. The van der Waals surface area contributed by atoms with Gasteiger partial charge in [-0.2, -0.15) is 0 Å². The van der Waals surface area contributed by atoms with E-state index in [2.05, 4.69) is 5.32 Å². The summed E-state index contributed by atoms with van der Waals surface area (Å²) in [5, 5.41) is 11.8. The molecule has 1 aliphatic rings. The summed E-state index contributed by atoms with van der Waals surface area (Å²) in [4.78, 5) is 23.2. The Hall–Kier alpha value is -2.11. The van der Waals surface area contributed by atoms with E-state index in [0.29, 0.717) is 0 Å². The van der Waals surface area contributed by atoms with Crippen molar-refractivity contribution in [1.29, 1.82) is 0 Å². The van der Waals surface area contributed by atoms with Crippen LogP contribution in [0.5, 0.6) is 5.75 Å². The molecule has 0 saturated heterocycles. The highest BCUT2D eigenvalue weighted by atomic mass is 19.1. The highest BCUT2D eigenvalue weighted by molar-refractivity contribution is 5.80. The summed E-state index contributed by atoms with van der Waals surface area (Å²) >= 11 is 0. The summed E-state index contributed by atoms with van der Waals surface area (Å²) in [5.74, 6) is -1.50. The minimum atomic E-state index is -1.20. The molecular weight excluding hydrogens is 289 g/mol. The number of amides is 1. The fraction of sp³-hybridized carbons (Fsp3) is 0.500. The SMILES string of the molecule is O=C(NCC(Oc1ccc(F)cc1)C(=O)O)C1CCCCC1. The fourth-order valence-corrected chi connectivity index (χ4v) is 2.56. The third-order valence-electron chi connectivity index (χ3n) is 3.81. The summed E-state index contributed by atoms with van der Waals surface area (Å²) in [7, 11) is 0. The zero-order valence-corrected chi connectivity index (χ0v) is 12.3. The van der Waals surface area contributed by atoms with Crippen molar-refractivity contribution in [3.05, 3.63) is 30.1 Å². The molecule has 0 radical (unpaired) electrons. The Morgan fingerprint density at radius 1 is 1.23 bits per heavy atom. The zero-order chi connectivity index (χ0) is 15.9. The maximum atomic E-state index is 12.8. The third kappa shape index (κ3) is 4.72. The van der Waals surface area contributed by atoms with E-state index in [0.717, 1.165) is 32.1 Å². The topological polar surface area (TPSA) is 75.6 Å². The first kappa shape index (κ1) is 16.3. The Bertz CT molecular complexity index is 511. The van der Waals surface area contributed by atoms with Gasteiger partial charge >= 0.3 is 5.97 Å². The number of carbonyl (C=O) groups excluding carboxylic acids is 1. The second-order valence-corrected chi connectivity index (χ2v) is 5.48. The van der Waals surface area contributed by atoms with Crippen molar-refractivity contribution in [3.8, 4) is 5.75 Å². The van der Waals surface area contributed by atoms with Crippen molar-refractivity contribution in [1.82, 2.24) is 5.32 Å². The molecule has 2 N–H and O–H groups in total. The minimum absolute atomic E-state index is 0.0333. The molecule has 1 aromatic rings. The van der Waals surface area contributed by atoms with Crippen molar-refractivity contribution < 1.29 is 23.8 Å². The van der Waals surface area contributed by atoms with Crippen LogP contribution >= 0.6 is 0 Å². The molecule has 6 heteroatoms. The minimum Gasteiger partial charge on any atom is -0.478 e. The molecule has 0 heterocycles. The Kier molecular flexibility index (Phi) is 5.75. The number of carboxylic acids is 1. The number of carbonyl (C=O) groups is 2. The van der Waals surface area contributed by atoms with E-state index in [-0.39, 0.29) is 24.1 Å². The normalized spacial score (nSPS) is 16.8. The van der Waals surface area contributed by atoms with Gasteiger partial charge in [-0.15, -0.1) is 0 Å². The molecule has 1 saturated carbocycles. The Morgan fingerprint density at radius 3 is 2.45 bits per heavy atom. The number of ether oxygens (including phenoxy) is 1. The van der Waals surface area contributed by atoms with E-state index in [1.165, 1.54) is 24.3 Å². The van der Waals surface area contributed by atoms with E-state index >= 15 is 0 Å². The maximum absolute atomic E-state index is 12.8. The molecule has 0 bridgehead atoms. The van der Waals surface area contributed by atoms with Gasteiger partial charge in [0.15, 0.2) is 0 Å². The molecule has 1 aliphatic carbocycles. The molecule has 1 amide bonds. The van der Waals surface area contributed by atoms with Crippen LogP contribution in [-0.2, 0) is 9.59 Å². The molecule has 22 heavy (non-hydrogen) atoms. The van der Waals surface area contributed by atoms with E-state index in [1.807, 2.05) is 0 Å². The van der Waals surface area contributed by atoms with Gasteiger partial charge in [-0.25, -0.2) is 9.18 Å². The molecule has 1 fully saturated rings. The first-order valence-corrected chi connectivity index (χ1v) is 7.49. The van der Waals surface area contributed by atoms with Crippen LogP contribution in [0.2, 0.25) is 0 Å². The third-order valence-corrected chi connectivity index (χ3v) is 3.81. The summed E-state index contributed by atoms with van der Waals surface area (Å²) in [6.45, 7) is -0.109. The number of hydrogen-bond acceptors (Lipinski definition) is 3. The van der Waals surface area contributed by atoms with Crippen LogP contribution in [0.3, 0.4) is 0 Å². The molecule has 5 nitrogen and oxygen atoms in total. The number of nitrogens with one attached hydrogen (secondary N) is 1. The van der Waals surface area contributed by atoms with Crippen LogP contribution < -0.4 is 10.1 Å². The van der Waals surface area contributed by atoms with E-state index in [9.17, 15) is 14.0 Å². The summed E-state index contributed by atoms with van der Waals surface area (Å²) < 4.78 is 18.1. The van der Waals surface area contributed by atoms with Crippen molar-refractivity contribution in [3.63, 3.8) is 0 Å². The lowest BCUT2D eigenvalue weighted by atomic mass is 9.88. The summed E-state index contributed by atoms with van der Waals surface area (Å²) in [5.41, 5.74) is 0. The predicted molar refractivity (Wildman–Crippen MR) is 78.0 cm³/mol. The summed E-state index contributed by atoms with van der Waals surface area (Å²) in [6, 6.07) is 5.09. The molecule has 1 atom stereocenters. The van der Waals surface area contributed by atoms with E-state index in [4.69, 9.17) is 9.84 Å². The van der Waals surface area contributed by atoms with Crippen LogP contribution in [0.25, 0.3) is 0 Å². The van der Waals surface area contributed by atoms with Gasteiger partial charge in [-0.05, 0) is 37.1 Å². The van der Waals surface area contributed by atoms with Gasteiger partial charge in [0.2, 0.25) is 12.0 Å². The van der Waals surface area contributed by atoms with Crippen molar-refractivity contribution in [2.24, 2.45) is 5.92 Å². The molecule has 1 aromatic carbocycles. The van der Waals surface area contributed by atoms with Gasteiger partial charge < -0.3 is 15.2 Å². The average Bonchev–Trinajstić information content (AvgIpc) is 2.53. The first-order valence-electron chi connectivity index (χ1n) is 7.49. The highest BCUT2D eigenvalue weighted by Crippen LogP contribution is 2.23. The first-order chi connectivity index (χ1) is 10.6. The second kappa shape index (κ2) is 7.77. The van der Waals surface area contributed by atoms with Crippen molar-refractivity contribution >= 4 is 11.9 Å². The number of hydrogen-bond donors (Lipinski definition) is 2. The summed E-state index contributed by atoms with van der Waals surface area (Å²) in [6.07, 6.45) is 3.72. The second-order valence-electron chi connectivity index (χ2n) is 5.48. The van der Waals surface area contributed by atoms with Gasteiger partial charge in [0, 0.05) is 5.92 Å². The Morgan fingerprint density at radius 2 is 1.86 bits per heavy atom. The number of benzene rings is 1. The maximum Gasteiger partial charge on any atom is 0.346 e. The van der Waals surface area contributed by atoms with Crippen LogP contribution in [-0.4, -0.2) is 29.6 Å². The van der Waals surface area contributed by atoms with Gasteiger partial charge in [0.1, 0.15) is 11.6 Å². The quantitative estimate of drug-likeness (QED) is 0.846. The Balaban J connectivity index is 1.87. The molecule has 0 aromatic heterocycles.